The molecule has 4 rings (SSSR count). The van der Waals surface area contributed by atoms with Gasteiger partial charge < -0.3 is 9.80 Å². The molecule has 2 aliphatic rings. The molecule has 120 valence electrons. The van der Waals surface area contributed by atoms with E-state index in [1.807, 2.05) is 0 Å². The van der Waals surface area contributed by atoms with Crippen molar-refractivity contribution in [2.75, 3.05) is 25.0 Å². The van der Waals surface area contributed by atoms with E-state index >= 15 is 0 Å². The lowest BCUT2D eigenvalue weighted by Crippen LogP contribution is -2.21. The van der Waals surface area contributed by atoms with E-state index in [1.165, 1.54) is 33.3 Å². The fourth-order valence-corrected chi connectivity index (χ4v) is 3.23. The van der Waals surface area contributed by atoms with Crippen LogP contribution in [0.4, 0.5) is 5.69 Å². The molecule has 2 aromatic carbocycles. The number of nitrogens with zero attached hydrogens (tertiary/aromatic N) is 2. The molecule has 0 amide bonds. The van der Waals surface area contributed by atoms with Crippen molar-refractivity contribution in [2.45, 2.75) is 6.92 Å². The summed E-state index contributed by atoms with van der Waals surface area (Å²) in [5.41, 5.74) is 5.21. The monoisotopic (exact) mass is 314 g/mol. The zero-order valence-electron chi connectivity index (χ0n) is 14.2. The average Bonchev–Trinajstić information content (AvgIpc) is 2.64. The van der Waals surface area contributed by atoms with Crippen LogP contribution in [0.1, 0.15) is 6.92 Å². The number of hydrogen-bond donors (Lipinski definition) is 0. The Labute approximate surface area is 143 Å². The molecule has 0 N–H and O–H groups in total. The summed E-state index contributed by atoms with van der Waals surface area (Å²) in [5.74, 6) is 0. The molecule has 0 atom stereocenters. The summed E-state index contributed by atoms with van der Waals surface area (Å²) in [5, 5.41) is 2.57. The molecule has 0 spiro atoms. The highest BCUT2D eigenvalue weighted by atomic mass is 15.1. The molecule has 0 fully saturated rings. The molecule has 0 saturated heterocycles. The highest BCUT2D eigenvalue weighted by molar-refractivity contribution is 5.86. The van der Waals surface area contributed by atoms with Crippen LogP contribution >= 0.6 is 0 Å². The molecule has 24 heavy (non-hydrogen) atoms. The molecule has 2 heterocycles. The summed E-state index contributed by atoms with van der Waals surface area (Å²) in [6, 6.07) is 15.2. The van der Waals surface area contributed by atoms with Gasteiger partial charge in [-0.05, 0) is 53.1 Å². The number of benzene rings is 2. The fourth-order valence-electron chi connectivity index (χ4n) is 3.23. The lowest BCUT2D eigenvalue weighted by molar-refractivity contribution is 0.458. The molecule has 2 aliphatic heterocycles. The van der Waals surface area contributed by atoms with Gasteiger partial charge in [-0.25, -0.2) is 0 Å². The Morgan fingerprint density at radius 1 is 0.875 bits per heavy atom. The lowest BCUT2D eigenvalue weighted by atomic mass is 9.99. The summed E-state index contributed by atoms with van der Waals surface area (Å²) >= 11 is 0. The van der Waals surface area contributed by atoms with Gasteiger partial charge in [0.05, 0.1) is 0 Å². The smallest absolute Gasteiger partial charge is 0.0415 e. The predicted octanol–water partition coefficient (Wildman–Crippen LogP) is 4.88. The van der Waals surface area contributed by atoms with Crippen molar-refractivity contribution in [2.24, 2.45) is 0 Å². The summed E-state index contributed by atoms with van der Waals surface area (Å²) < 4.78 is 0. The van der Waals surface area contributed by atoms with E-state index in [4.69, 9.17) is 0 Å². The van der Waals surface area contributed by atoms with Crippen LogP contribution in [0.2, 0.25) is 0 Å². The van der Waals surface area contributed by atoms with E-state index in [-0.39, 0.29) is 0 Å². The van der Waals surface area contributed by atoms with Crippen LogP contribution in [-0.2, 0) is 0 Å². The molecule has 2 aromatic rings. The molecule has 0 bridgehead atoms. The van der Waals surface area contributed by atoms with Crippen LogP contribution in [0, 0.1) is 0 Å². The number of rotatable bonds is 2. The van der Waals surface area contributed by atoms with Crippen molar-refractivity contribution < 1.29 is 0 Å². The normalized spacial score (nSPS) is 17.7. The van der Waals surface area contributed by atoms with Crippen LogP contribution in [0.5, 0.6) is 0 Å². The first kappa shape index (κ1) is 14.8. The maximum Gasteiger partial charge on any atom is 0.0415 e. The van der Waals surface area contributed by atoms with Crippen molar-refractivity contribution in [3.05, 3.63) is 89.8 Å². The molecular weight excluding hydrogens is 292 g/mol. The zero-order valence-corrected chi connectivity index (χ0v) is 14.2. The van der Waals surface area contributed by atoms with Gasteiger partial charge in [0.25, 0.3) is 0 Å². The second-order valence-corrected chi connectivity index (χ2v) is 6.48. The van der Waals surface area contributed by atoms with Gasteiger partial charge in [-0.1, -0.05) is 42.5 Å². The molecule has 0 saturated carbocycles. The summed E-state index contributed by atoms with van der Waals surface area (Å²) in [6.07, 6.45) is 11.3. The van der Waals surface area contributed by atoms with Crippen molar-refractivity contribution in [3.63, 3.8) is 0 Å². The Morgan fingerprint density at radius 2 is 1.67 bits per heavy atom. The Hall–Kier alpha value is -2.74. The Balaban J connectivity index is 1.55. The van der Waals surface area contributed by atoms with Crippen LogP contribution in [0.15, 0.2) is 89.8 Å². The minimum Gasteiger partial charge on any atom is -0.374 e. The minimum absolute atomic E-state index is 0.907. The Bertz CT molecular complexity index is 899. The third-order valence-electron chi connectivity index (χ3n) is 4.89. The number of hydrogen-bond acceptors (Lipinski definition) is 2. The van der Waals surface area contributed by atoms with E-state index in [2.05, 4.69) is 96.7 Å². The molecule has 0 aromatic heterocycles. The quantitative estimate of drug-likeness (QED) is 0.780. The highest BCUT2D eigenvalue weighted by Crippen LogP contribution is 2.27. The van der Waals surface area contributed by atoms with E-state index in [0.717, 1.165) is 13.1 Å². The second kappa shape index (κ2) is 6.04. The first-order chi connectivity index (χ1) is 11.7. The summed E-state index contributed by atoms with van der Waals surface area (Å²) in [7, 11) is 2.13. The summed E-state index contributed by atoms with van der Waals surface area (Å²) in [6.45, 7) is 4.06. The standard InChI is InChI=1S/C22H22N2/c1-17-15-21(9-12-23(17)2)19-10-13-24(14-11-19)22-8-7-18-5-3-4-6-20(18)16-22/h3-11,13,15-16H,12,14H2,1-2H3. The van der Waals surface area contributed by atoms with E-state index < -0.39 is 0 Å². The van der Waals surface area contributed by atoms with Crippen molar-refractivity contribution in [1.82, 2.24) is 4.90 Å². The van der Waals surface area contributed by atoms with Gasteiger partial charge in [0.2, 0.25) is 0 Å². The SMILES string of the molecule is CC1=CC(C2=CCN(c3ccc4ccccc4c3)C=C2)=CCN1C. The van der Waals surface area contributed by atoms with Crippen LogP contribution < -0.4 is 4.90 Å². The van der Waals surface area contributed by atoms with Gasteiger partial charge in [0.1, 0.15) is 0 Å². The highest BCUT2D eigenvalue weighted by Gasteiger charge is 2.12. The van der Waals surface area contributed by atoms with Crippen molar-refractivity contribution in [1.29, 1.82) is 0 Å². The third-order valence-corrected chi connectivity index (χ3v) is 4.89. The number of fused-ring (bicyclic) bond motifs is 1. The van der Waals surface area contributed by atoms with Gasteiger partial charge >= 0.3 is 0 Å². The van der Waals surface area contributed by atoms with Crippen molar-refractivity contribution >= 4 is 16.5 Å². The lowest BCUT2D eigenvalue weighted by Gasteiger charge is -2.26. The van der Waals surface area contributed by atoms with Crippen LogP contribution in [-0.4, -0.2) is 25.0 Å². The van der Waals surface area contributed by atoms with Gasteiger partial charge in [-0.15, -0.1) is 0 Å². The zero-order chi connectivity index (χ0) is 16.5. The van der Waals surface area contributed by atoms with E-state index in [9.17, 15) is 0 Å². The predicted molar refractivity (Wildman–Crippen MR) is 103 cm³/mol. The Kier molecular flexibility index (Phi) is 3.73. The molecule has 2 heteroatoms. The first-order valence-electron chi connectivity index (χ1n) is 8.44. The van der Waals surface area contributed by atoms with E-state index in [0.29, 0.717) is 0 Å². The van der Waals surface area contributed by atoms with Crippen molar-refractivity contribution in [3.8, 4) is 0 Å². The number of allylic oxidation sites excluding steroid dienone is 5. The van der Waals surface area contributed by atoms with E-state index in [1.54, 1.807) is 0 Å². The topological polar surface area (TPSA) is 6.48 Å². The molecule has 0 aliphatic carbocycles. The average molecular weight is 314 g/mol. The summed E-state index contributed by atoms with van der Waals surface area (Å²) in [4.78, 5) is 4.56. The molecule has 2 nitrogen and oxygen atoms in total. The maximum atomic E-state index is 2.32. The van der Waals surface area contributed by atoms with Crippen LogP contribution in [0.25, 0.3) is 10.8 Å². The fraction of sp³-hybridized carbons (Fsp3) is 0.182. The van der Waals surface area contributed by atoms with Gasteiger partial charge in [0, 0.05) is 37.7 Å². The molecular formula is C22H22N2. The second-order valence-electron chi connectivity index (χ2n) is 6.48. The number of anilines is 1. The van der Waals surface area contributed by atoms with Gasteiger partial charge in [0.15, 0.2) is 0 Å². The van der Waals surface area contributed by atoms with Gasteiger partial charge in [-0.3, -0.25) is 0 Å². The number of likely N-dealkylation sites (N-methyl/N-ethyl adjacent to an activating group) is 1. The first-order valence-corrected chi connectivity index (χ1v) is 8.44. The molecule has 0 radical (unpaired) electrons. The van der Waals surface area contributed by atoms with Gasteiger partial charge in [-0.2, -0.15) is 0 Å². The maximum absolute atomic E-state index is 2.32. The molecule has 0 unspecified atom stereocenters. The van der Waals surface area contributed by atoms with Crippen LogP contribution in [0.3, 0.4) is 0 Å². The third kappa shape index (κ3) is 2.76. The Morgan fingerprint density at radius 3 is 2.42 bits per heavy atom. The largest absolute Gasteiger partial charge is 0.374 e. The minimum atomic E-state index is 0.907.